The van der Waals surface area contributed by atoms with Crippen molar-refractivity contribution in [1.29, 1.82) is 0 Å². The molecule has 1 unspecified atom stereocenters. The molecular formula is C29H33ClN2O4. The van der Waals surface area contributed by atoms with E-state index in [1.54, 1.807) is 0 Å². The summed E-state index contributed by atoms with van der Waals surface area (Å²) in [6.45, 7) is 1.80. The molecule has 190 valence electrons. The number of aliphatic carboxylic acids is 1. The van der Waals surface area contributed by atoms with Crippen LogP contribution in [0.1, 0.15) is 35.4 Å². The Morgan fingerprint density at radius 3 is 2.11 bits per heavy atom. The fourth-order valence-electron chi connectivity index (χ4n) is 4.68. The van der Waals surface area contributed by atoms with Crippen molar-refractivity contribution in [2.45, 2.75) is 31.2 Å². The number of carboxylic acids is 1. The molecule has 1 aliphatic carbocycles. The van der Waals surface area contributed by atoms with E-state index in [1.807, 2.05) is 49.5 Å². The first-order chi connectivity index (χ1) is 17.0. The van der Waals surface area contributed by atoms with Crippen molar-refractivity contribution in [1.82, 2.24) is 10.2 Å². The van der Waals surface area contributed by atoms with E-state index >= 15 is 0 Å². The minimum Gasteiger partial charge on any atom is -0.480 e. The van der Waals surface area contributed by atoms with Crippen LogP contribution in [-0.4, -0.2) is 54.9 Å². The maximum Gasteiger partial charge on any atom is 0.407 e. The van der Waals surface area contributed by atoms with E-state index in [2.05, 4.69) is 46.6 Å². The molecule has 0 spiro atoms. The number of nitrogens with zero attached hydrogens (tertiary/aromatic N) is 1. The lowest BCUT2D eigenvalue weighted by Gasteiger charge is -2.19. The summed E-state index contributed by atoms with van der Waals surface area (Å²) in [5.74, 6) is -1.11. The molecule has 0 aliphatic heterocycles. The normalized spacial score (nSPS) is 12.8. The molecule has 36 heavy (non-hydrogen) atoms. The second kappa shape index (κ2) is 13.1. The molecule has 1 amide bonds. The van der Waals surface area contributed by atoms with Crippen LogP contribution in [-0.2, 0) is 16.0 Å². The number of carbonyl (C=O) groups is 2. The number of carboxylic acid groups (broad SMARTS) is 1. The largest absolute Gasteiger partial charge is 0.480 e. The fraction of sp³-hybridized carbons (Fsp3) is 0.310. The first kappa shape index (κ1) is 27.2. The van der Waals surface area contributed by atoms with E-state index in [1.165, 1.54) is 5.56 Å². The second-order valence-electron chi connectivity index (χ2n) is 9.04. The van der Waals surface area contributed by atoms with Crippen LogP contribution in [0.2, 0.25) is 0 Å². The zero-order valence-electron chi connectivity index (χ0n) is 20.4. The number of ether oxygens (including phenoxy) is 1. The van der Waals surface area contributed by atoms with Crippen molar-refractivity contribution in [2.75, 3.05) is 26.7 Å². The van der Waals surface area contributed by atoms with E-state index < -0.39 is 18.1 Å². The molecule has 0 bridgehead atoms. The van der Waals surface area contributed by atoms with E-state index in [4.69, 9.17) is 4.74 Å². The Morgan fingerprint density at radius 2 is 1.50 bits per heavy atom. The molecule has 0 aromatic heterocycles. The van der Waals surface area contributed by atoms with Gasteiger partial charge in [0.2, 0.25) is 0 Å². The Labute approximate surface area is 218 Å². The van der Waals surface area contributed by atoms with Crippen molar-refractivity contribution in [3.8, 4) is 11.1 Å². The molecule has 6 nitrogen and oxygen atoms in total. The maximum absolute atomic E-state index is 12.5. The van der Waals surface area contributed by atoms with Gasteiger partial charge in [0.15, 0.2) is 0 Å². The van der Waals surface area contributed by atoms with Crippen molar-refractivity contribution in [3.63, 3.8) is 0 Å². The SMILES string of the molecule is CN(CCCC(NC(=O)OCC1c2ccccc2-c2ccccc21)C(=O)O)CCc1ccccc1.Cl. The topological polar surface area (TPSA) is 78.9 Å². The Hall–Kier alpha value is -3.35. The summed E-state index contributed by atoms with van der Waals surface area (Å²) < 4.78 is 5.51. The number of fused-ring (bicyclic) bond motifs is 3. The van der Waals surface area contributed by atoms with Crippen LogP contribution in [0.5, 0.6) is 0 Å². The molecule has 3 aromatic rings. The predicted octanol–water partition coefficient (Wildman–Crippen LogP) is 5.35. The molecule has 0 radical (unpaired) electrons. The Morgan fingerprint density at radius 1 is 0.917 bits per heavy atom. The Kier molecular flexibility index (Phi) is 9.91. The maximum atomic E-state index is 12.5. The highest BCUT2D eigenvalue weighted by Gasteiger charge is 2.29. The zero-order chi connectivity index (χ0) is 24.6. The summed E-state index contributed by atoms with van der Waals surface area (Å²) in [7, 11) is 2.03. The average molecular weight is 509 g/mol. The number of hydrogen-bond acceptors (Lipinski definition) is 4. The lowest BCUT2D eigenvalue weighted by molar-refractivity contribution is -0.139. The van der Waals surface area contributed by atoms with E-state index in [0.29, 0.717) is 12.8 Å². The van der Waals surface area contributed by atoms with Gasteiger partial charge in [-0.15, -0.1) is 12.4 Å². The summed E-state index contributed by atoms with van der Waals surface area (Å²) in [5.41, 5.74) is 5.82. The van der Waals surface area contributed by atoms with Crippen LogP contribution in [0.15, 0.2) is 78.9 Å². The summed E-state index contributed by atoms with van der Waals surface area (Å²) in [6.07, 6.45) is 1.25. The summed E-state index contributed by atoms with van der Waals surface area (Å²) in [6, 6.07) is 25.5. The number of rotatable bonds is 11. The molecule has 0 fully saturated rings. The van der Waals surface area contributed by atoms with Crippen LogP contribution < -0.4 is 5.32 Å². The molecule has 0 saturated heterocycles. The minimum atomic E-state index is -1.05. The molecule has 1 atom stereocenters. The van der Waals surface area contributed by atoms with Crippen LogP contribution in [0.3, 0.4) is 0 Å². The average Bonchev–Trinajstić information content (AvgIpc) is 3.20. The van der Waals surface area contributed by atoms with Gasteiger partial charge in [0.25, 0.3) is 0 Å². The van der Waals surface area contributed by atoms with Gasteiger partial charge in [-0.25, -0.2) is 9.59 Å². The molecule has 0 heterocycles. The lowest BCUT2D eigenvalue weighted by Crippen LogP contribution is -2.41. The number of benzene rings is 3. The number of alkyl carbamates (subject to hydrolysis) is 1. The first-order valence-electron chi connectivity index (χ1n) is 12.1. The number of amides is 1. The highest BCUT2D eigenvalue weighted by molar-refractivity contribution is 5.85. The van der Waals surface area contributed by atoms with Gasteiger partial charge < -0.3 is 20.1 Å². The Balaban J connectivity index is 0.00000361. The van der Waals surface area contributed by atoms with Gasteiger partial charge in [-0.2, -0.15) is 0 Å². The molecule has 4 rings (SSSR count). The standard InChI is InChI=1S/C29H32N2O4.ClH/c1-31(19-17-21-10-3-2-4-11-21)18-9-16-27(28(32)33)30-29(34)35-20-26-24-14-7-5-12-22(24)23-13-6-8-15-25(23)26;/h2-8,10-15,26-27H,9,16-20H2,1H3,(H,30,34)(H,32,33);1H. The van der Waals surface area contributed by atoms with Crippen molar-refractivity contribution < 1.29 is 19.4 Å². The lowest BCUT2D eigenvalue weighted by atomic mass is 9.98. The molecular weight excluding hydrogens is 476 g/mol. The smallest absolute Gasteiger partial charge is 0.407 e. The predicted molar refractivity (Wildman–Crippen MR) is 144 cm³/mol. The number of hydrogen-bond donors (Lipinski definition) is 2. The van der Waals surface area contributed by atoms with Gasteiger partial charge in [0.05, 0.1) is 0 Å². The van der Waals surface area contributed by atoms with Crippen LogP contribution in [0.25, 0.3) is 11.1 Å². The third-order valence-corrected chi connectivity index (χ3v) is 6.59. The highest BCUT2D eigenvalue weighted by atomic mass is 35.5. The van der Waals surface area contributed by atoms with Gasteiger partial charge in [-0.1, -0.05) is 78.9 Å². The third-order valence-electron chi connectivity index (χ3n) is 6.59. The number of halogens is 1. The van der Waals surface area contributed by atoms with Crippen LogP contribution in [0.4, 0.5) is 4.79 Å². The molecule has 0 saturated carbocycles. The molecule has 3 aromatic carbocycles. The molecule has 7 heteroatoms. The van der Waals surface area contributed by atoms with E-state index in [-0.39, 0.29) is 24.9 Å². The van der Waals surface area contributed by atoms with Crippen LogP contribution in [0, 0.1) is 0 Å². The van der Waals surface area contributed by atoms with Crippen molar-refractivity contribution in [2.24, 2.45) is 0 Å². The van der Waals surface area contributed by atoms with Gasteiger partial charge in [-0.05, 0) is 60.7 Å². The number of likely N-dealkylation sites (N-methyl/N-ethyl adjacent to an activating group) is 1. The Bertz CT molecular complexity index is 1110. The van der Waals surface area contributed by atoms with Gasteiger partial charge in [0, 0.05) is 12.5 Å². The first-order valence-corrected chi connectivity index (χ1v) is 12.1. The van der Waals surface area contributed by atoms with Crippen LogP contribution >= 0.6 is 12.4 Å². The quantitative estimate of drug-likeness (QED) is 0.365. The van der Waals surface area contributed by atoms with Gasteiger partial charge in [-0.3, -0.25) is 0 Å². The van der Waals surface area contributed by atoms with Gasteiger partial charge >= 0.3 is 12.1 Å². The molecule has 2 N–H and O–H groups in total. The van der Waals surface area contributed by atoms with Crippen molar-refractivity contribution >= 4 is 24.5 Å². The number of carbonyl (C=O) groups excluding carboxylic acids is 1. The van der Waals surface area contributed by atoms with Gasteiger partial charge in [0.1, 0.15) is 12.6 Å². The zero-order valence-corrected chi connectivity index (χ0v) is 21.2. The highest BCUT2D eigenvalue weighted by Crippen LogP contribution is 2.44. The molecule has 1 aliphatic rings. The summed E-state index contributed by atoms with van der Waals surface area (Å²) in [4.78, 5) is 26.4. The summed E-state index contributed by atoms with van der Waals surface area (Å²) >= 11 is 0. The fourth-order valence-corrected chi connectivity index (χ4v) is 4.68. The van der Waals surface area contributed by atoms with E-state index in [9.17, 15) is 14.7 Å². The van der Waals surface area contributed by atoms with E-state index in [0.717, 1.165) is 41.8 Å². The monoisotopic (exact) mass is 508 g/mol. The summed E-state index contributed by atoms with van der Waals surface area (Å²) in [5, 5.41) is 12.1. The third kappa shape index (κ3) is 6.86. The number of nitrogens with one attached hydrogen (secondary N) is 1. The van der Waals surface area contributed by atoms with Crippen molar-refractivity contribution in [3.05, 3.63) is 95.6 Å². The minimum absolute atomic E-state index is 0. The second-order valence-corrected chi connectivity index (χ2v) is 9.04.